The number of carbonyl (C=O) groups excluding carboxylic acids is 1. The molecule has 0 aliphatic carbocycles. The first-order valence-electron chi connectivity index (χ1n) is 9.83. The fourth-order valence-corrected chi connectivity index (χ4v) is 3.57. The highest BCUT2D eigenvalue weighted by Gasteiger charge is 2.27. The van der Waals surface area contributed by atoms with E-state index in [1.807, 2.05) is 20.8 Å². The standard InChI is InChI=1S/C24H29NO3/c1-6-18-7-8-19-12-25(13-20(19)10-18)24(27)22-11-21(16(4)9-23(22)26)17(5)14-28-15(2)3/h7-11,15,26H,5-6,12-14H2,1-4H3. The van der Waals surface area contributed by atoms with E-state index in [2.05, 4.69) is 31.7 Å². The molecule has 1 amide bonds. The van der Waals surface area contributed by atoms with Crippen molar-refractivity contribution in [1.82, 2.24) is 4.90 Å². The first kappa shape index (κ1) is 20.2. The minimum atomic E-state index is -0.162. The van der Waals surface area contributed by atoms with Crippen molar-refractivity contribution in [3.63, 3.8) is 0 Å². The van der Waals surface area contributed by atoms with E-state index >= 15 is 0 Å². The van der Waals surface area contributed by atoms with Crippen LogP contribution in [0.4, 0.5) is 0 Å². The number of rotatable bonds is 6. The number of carbonyl (C=O) groups is 1. The lowest BCUT2D eigenvalue weighted by atomic mass is 9.98. The summed E-state index contributed by atoms with van der Waals surface area (Å²) in [4.78, 5) is 14.9. The summed E-state index contributed by atoms with van der Waals surface area (Å²) in [7, 11) is 0. The second-order valence-electron chi connectivity index (χ2n) is 7.77. The van der Waals surface area contributed by atoms with E-state index in [1.54, 1.807) is 17.0 Å². The van der Waals surface area contributed by atoms with E-state index in [1.165, 1.54) is 16.7 Å². The van der Waals surface area contributed by atoms with E-state index in [-0.39, 0.29) is 17.8 Å². The quantitative estimate of drug-likeness (QED) is 0.780. The topological polar surface area (TPSA) is 49.8 Å². The molecular weight excluding hydrogens is 350 g/mol. The van der Waals surface area contributed by atoms with Crippen LogP contribution >= 0.6 is 0 Å². The summed E-state index contributed by atoms with van der Waals surface area (Å²) in [5.41, 5.74) is 6.49. The molecule has 1 N–H and O–H groups in total. The van der Waals surface area contributed by atoms with E-state index in [4.69, 9.17) is 4.74 Å². The van der Waals surface area contributed by atoms with Gasteiger partial charge in [0.15, 0.2) is 0 Å². The Hall–Kier alpha value is -2.59. The van der Waals surface area contributed by atoms with Crippen molar-refractivity contribution < 1.29 is 14.6 Å². The molecule has 0 aromatic heterocycles. The van der Waals surface area contributed by atoms with E-state index in [0.717, 1.165) is 23.1 Å². The number of phenols is 1. The molecule has 0 atom stereocenters. The van der Waals surface area contributed by atoms with Crippen molar-refractivity contribution in [2.45, 2.75) is 53.3 Å². The Bertz CT molecular complexity index is 914. The summed E-state index contributed by atoms with van der Waals surface area (Å²) in [5.74, 6) is -0.153. The predicted octanol–water partition coefficient (Wildman–Crippen LogP) is 4.86. The SMILES string of the molecule is C=C(COC(C)C)c1cc(C(=O)N2Cc3ccc(CC)cc3C2)c(O)cc1C. The molecule has 1 aliphatic rings. The van der Waals surface area contributed by atoms with E-state index in [9.17, 15) is 9.90 Å². The van der Waals surface area contributed by atoms with Crippen LogP contribution in [0.2, 0.25) is 0 Å². The lowest BCUT2D eigenvalue weighted by Gasteiger charge is -2.19. The lowest BCUT2D eigenvalue weighted by Crippen LogP contribution is -2.25. The van der Waals surface area contributed by atoms with Gasteiger partial charge < -0.3 is 14.7 Å². The molecule has 0 unspecified atom stereocenters. The molecule has 4 nitrogen and oxygen atoms in total. The highest BCUT2D eigenvalue weighted by molar-refractivity contribution is 5.98. The zero-order valence-corrected chi connectivity index (χ0v) is 17.2. The molecule has 2 aromatic carbocycles. The van der Waals surface area contributed by atoms with Crippen LogP contribution in [-0.4, -0.2) is 28.6 Å². The maximum atomic E-state index is 13.1. The fourth-order valence-electron chi connectivity index (χ4n) is 3.57. The summed E-state index contributed by atoms with van der Waals surface area (Å²) < 4.78 is 5.65. The zero-order valence-electron chi connectivity index (χ0n) is 17.2. The van der Waals surface area contributed by atoms with Crippen LogP contribution in [0, 0.1) is 6.92 Å². The van der Waals surface area contributed by atoms with Gasteiger partial charge in [-0.25, -0.2) is 0 Å². The number of hydrogen-bond donors (Lipinski definition) is 1. The Balaban J connectivity index is 1.84. The first-order chi connectivity index (χ1) is 13.3. The average molecular weight is 380 g/mol. The summed E-state index contributed by atoms with van der Waals surface area (Å²) in [6.07, 6.45) is 1.08. The van der Waals surface area contributed by atoms with Gasteiger partial charge in [-0.1, -0.05) is 31.7 Å². The van der Waals surface area contributed by atoms with Gasteiger partial charge in [-0.15, -0.1) is 0 Å². The molecule has 0 radical (unpaired) electrons. The second kappa shape index (κ2) is 8.19. The minimum absolute atomic E-state index is 0.00836. The van der Waals surface area contributed by atoms with Crippen LogP contribution < -0.4 is 0 Å². The molecule has 2 aromatic rings. The molecule has 3 rings (SSSR count). The summed E-state index contributed by atoms with van der Waals surface area (Å²) in [5, 5.41) is 10.4. The highest BCUT2D eigenvalue weighted by atomic mass is 16.5. The molecule has 4 heteroatoms. The molecule has 148 valence electrons. The number of aromatic hydroxyl groups is 1. The van der Waals surface area contributed by atoms with Crippen molar-refractivity contribution in [2.75, 3.05) is 6.61 Å². The largest absolute Gasteiger partial charge is 0.507 e. The number of amides is 1. The molecule has 28 heavy (non-hydrogen) atoms. The van der Waals surface area contributed by atoms with Crippen molar-refractivity contribution in [3.05, 3.63) is 70.3 Å². The van der Waals surface area contributed by atoms with Gasteiger partial charge in [-0.05, 0) is 72.7 Å². The van der Waals surface area contributed by atoms with Crippen molar-refractivity contribution >= 4 is 11.5 Å². The minimum Gasteiger partial charge on any atom is -0.507 e. The number of benzene rings is 2. The number of fused-ring (bicyclic) bond motifs is 1. The van der Waals surface area contributed by atoms with Gasteiger partial charge in [0, 0.05) is 13.1 Å². The Kier molecular flexibility index (Phi) is 5.90. The molecular formula is C24H29NO3. The highest BCUT2D eigenvalue weighted by Crippen LogP contribution is 2.31. The number of hydrogen-bond acceptors (Lipinski definition) is 3. The predicted molar refractivity (Wildman–Crippen MR) is 112 cm³/mol. The zero-order chi connectivity index (χ0) is 20.4. The number of ether oxygens (including phenoxy) is 1. The van der Waals surface area contributed by atoms with Crippen molar-refractivity contribution in [2.24, 2.45) is 0 Å². The third kappa shape index (κ3) is 4.12. The Morgan fingerprint density at radius 3 is 2.57 bits per heavy atom. The van der Waals surface area contributed by atoms with Gasteiger partial charge in [0.1, 0.15) is 5.75 Å². The Morgan fingerprint density at radius 2 is 1.89 bits per heavy atom. The number of aryl methyl sites for hydroxylation is 2. The monoisotopic (exact) mass is 379 g/mol. The molecule has 0 saturated heterocycles. The van der Waals surface area contributed by atoms with Crippen LogP contribution in [0.5, 0.6) is 5.75 Å². The van der Waals surface area contributed by atoms with Gasteiger partial charge >= 0.3 is 0 Å². The van der Waals surface area contributed by atoms with E-state index < -0.39 is 0 Å². The normalized spacial score (nSPS) is 13.1. The maximum Gasteiger partial charge on any atom is 0.258 e. The Morgan fingerprint density at radius 1 is 1.18 bits per heavy atom. The van der Waals surface area contributed by atoms with Gasteiger partial charge in [0.05, 0.1) is 18.3 Å². The third-order valence-electron chi connectivity index (χ3n) is 5.23. The molecule has 0 fully saturated rings. The fraction of sp³-hybridized carbons (Fsp3) is 0.375. The second-order valence-corrected chi connectivity index (χ2v) is 7.77. The summed E-state index contributed by atoms with van der Waals surface area (Å²) >= 11 is 0. The van der Waals surface area contributed by atoms with E-state index in [0.29, 0.717) is 25.3 Å². The van der Waals surface area contributed by atoms with Gasteiger partial charge in [-0.2, -0.15) is 0 Å². The third-order valence-corrected chi connectivity index (χ3v) is 5.23. The number of nitrogens with zero attached hydrogens (tertiary/aromatic N) is 1. The van der Waals surface area contributed by atoms with Crippen molar-refractivity contribution in [3.8, 4) is 5.75 Å². The lowest BCUT2D eigenvalue weighted by molar-refractivity contribution is 0.0748. The molecule has 0 saturated carbocycles. The summed E-state index contributed by atoms with van der Waals surface area (Å²) in [6, 6.07) is 9.79. The van der Waals surface area contributed by atoms with Crippen molar-refractivity contribution in [1.29, 1.82) is 0 Å². The van der Waals surface area contributed by atoms with Crippen LogP contribution in [0.25, 0.3) is 5.57 Å². The van der Waals surface area contributed by atoms with Gasteiger partial charge in [0.2, 0.25) is 0 Å². The molecule has 1 heterocycles. The van der Waals surface area contributed by atoms with Gasteiger partial charge in [-0.3, -0.25) is 4.79 Å². The van der Waals surface area contributed by atoms with Gasteiger partial charge in [0.25, 0.3) is 5.91 Å². The maximum absolute atomic E-state index is 13.1. The van der Waals surface area contributed by atoms with Crippen LogP contribution in [-0.2, 0) is 24.2 Å². The van der Waals surface area contributed by atoms with Crippen LogP contribution in [0.1, 0.15) is 58.9 Å². The smallest absolute Gasteiger partial charge is 0.258 e. The molecule has 1 aliphatic heterocycles. The van der Waals surface area contributed by atoms with Crippen LogP contribution in [0.15, 0.2) is 36.9 Å². The first-order valence-corrected chi connectivity index (χ1v) is 9.83. The molecule has 0 bridgehead atoms. The molecule has 0 spiro atoms. The van der Waals surface area contributed by atoms with Crippen LogP contribution in [0.3, 0.4) is 0 Å². The average Bonchev–Trinajstić information content (AvgIpc) is 3.08. The number of phenolic OH excluding ortho intramolecular Hbond substituents is 1. The Labute approximate surface area is 167 Å². The summed E-state index contributed by atoms with van der Waals surface area (Å²) in [6.45, 7) is 13.6.